The van der Waals surface area contributed by atoms with Crippen LogP contribution in [0.5, 0.6) is 0 Å². The Balaban J connectivity index is 2.06. The van der Waals surface area contributed by atoms with Gasteiger partial charge in [-0.15, -0.1) is 0 Å². The van der Waals surface area contributed by atoms with E-state index in [4.69, 9.17) is 4.74 Å². The fraction of sp³-hybridized carbons (Fsp3) is 1.00. The lowest BCUT2D eigenvalue weighted by Gasteiger charge is -2.20. The molecule has 0 aliphatic carbocycles. The van der Waals surface area contributed by atoms with E-state index >= 15 is 0 Å². The average Bonchev–Trinajstić information content (AvgIpc) is 2.67. The molecule has 0 saturated carbocycles. The number of nitrogens with zero attached hydrogens (tertiary/aromatic N) is 1. The van der Waals surface area contributed by atoms with E-state index in [0.717, 1.165) is 12.5 Å². The molecule has 0 radical (unpaired) electrons. The molecule has 2 unspecified atom stereocenters. The Labute approximate surface area is 99.0 Å². The Kier molecular flexibility index (Phi) is 6.28. The standard InChI is InChI=1S/C12H26N2O2/c1-10(2)14-5-4-11(8-14)6-13-7-12(15)9-16-3/h10-13,15H,4-9H2,1-3H3. The summed E-state index contributed by atoms with van der Waals surface area (Å²) in [5, 5.41) is 12.8. The molecular weight excluding hydrogens is 204 g/mol. The van der Waals surface area contributed by atoms with E-state index in [0.29, 0.717) is 19.2 Å². The van der Waals surface area contributed by atoms with E-state index in [2.05, 4.69) is 24.1 Å². The Morgan fingerprint density at radius 2 is 2.25 bits per heavy atom. The Morgan fingerprint density at radius 1 is 1.50 bits per heavy atom. The maximum Gasteiger partial charge on any atom is 0.0897 e. The topological polar surface area (TPSA) is 44.7 Å². The van der Waals surface area contributed by atoms with Crippen LogP contribution >= 0.6 is 0 Å². The zero-order chi connectivity index (χ0) is 12.0. The normalized spacial score (nSPS) is 24.2. The molecule has 0 aromatic rings. The molecule has 4 heteroatoms. The molecule has 1 rings (SSSR count). The van der Waals surface area contributed by atoms with E-state index in [-0.39, 0.29) is 6.10 Å². The summed E-state index contributed by atoms with van der Waals surface area (Å²) >= 11 is 0. The Hall–Kier alpha value is -0.160. The first-order valence-corrected chi connectivity index (χ1v) is 6.25. The van der Waals surface area contributed by atoms with Gasteiger partial charge in [-0.05, 0) is 39.3 Å². The highest BCUT2D eigenvalue weighted by Crippen LogP contribution is 2.17. The molecule has 1 fully saturated rings. The van der Waals surface area contributed by atoms with Crippen LogP contribution in [0.4, 0.5) is 0 Å². The van der Waals surface area contributed by atoms with Gasteiger partial charge in [0.25, 0.3) is 0 Å². The molecule has 96 valence electrons. The monoisotopic (exact) mass is 230 g/mol. The van der Waals surface area contributed by atoms with Crippen molar-refractivity contribution in [3.63, 3.8) is 0 Å². The first-order chi connectivity index (χ1) is 7.63. The van der Waals surface area contributed by atoms with E-state index in [9.17, 15) is 5.11 Å². The molecule has 2 atom stereocenters. The van der Waals surface area contributed by atoms with Crippen LogP contribution < -0.4 is 5.32 Å². The molecule has 1 saturated heterocycles. The van der Waals surface area contributed by atoms with Crippen molar-refractivity contribution >= 4 is 0 Å². The molecular formula is C12H26N2O2. The van der Waals surface area contributed by atoms with E-state index in [1.165, 1.54) is 19.5 Å². The molecule has 4 nitrogen and oxygen atoms in total. The van der Waals surface area contributed by atoms with Crippen LogP contribution in [-0.2, 0) is 4.74 Å². The number of rotatable bonds is 7. The second kappa shape index (κ2) is 7.22. The summed E-state index contributed by atoms with van der Waals surface area (Å²) in [6, 6.07) is 0.657. The Bertz CT molecular complexity index is 188. The Morgan fingerprint density at radius 3 is 2.81 bits per heavy atom. The van der Waals surface area contributed by atoms with Gasteiger partial charge in [-0.1, -0.05) is 0 Å². The van der Waals surface area contributed by atoms with Crippen LogP contribution in [0.3, 0.4) is 0 Å². The van der Waals surface area contributed by atoms with Gasteiger partial charge in [0.05, 0.1) is 12.7 Å². The number of likely N-dealkylation sites (tertiary alicyclic amines) is 1. The summed E-state index contributed by atoms with van der Waals surface area (Å²) < 4.78 is 4.88. The molecule has 0 amide bonds. The molecule has 0 aromatic carbocycles. The van der Waals surface area contributed by atoms with Gasteiger partial charge in [-0.2, -0.15) is 0 Å². The average molecular weight is 230 g/mol. The summed E-state index contributed by atoms with van der Waals surface area (Å²) in [6.07, 6.45) is 0.888. The van der Waals surface area contributed by atoms with Gasteiger partial charge < -0.3 is 20.1 Å². The van der Waals surface area contributed by atoms with Crippen LogP contribution in [0.1, 0.15) is 20.3 Å². The predicted octanol–water partition coefficient (Wildman–Crippen LogP) is 0.314. The highest BCUT2D eigenvalue weighted by Gasteiger charge is 2.23. The van der Waals surface area contributed by atoms with Gasteiger partial charge in [-0.3, -0.25) is 0 Å². The zero-order valence-corrected chi connectivity index (χ0v) is 10.8. The summed E-state index contributed by atoms with van der Waals surface area (Å²) in [6.45, 7) is 8.94. The maximum absolute atomic E-state index is 9.47. The molecule has 1 aliphatic rings. The number of ether oxygens (including phenoxy) is 1. The summed E-state index contributed by atoms with van der Waals surface area (Å²) in [5.41, 5.74) is 0. The quantitative estimate of drug-likeness (QED) is 0.661. The van der Waals surface area contributed by atoms with Crippen molar-refractivity contribution < 1.29 is 9.84 Å². The van der Waals surface area contributed by atoms with Crippen molar-refractivity contribution in [3.05, 3.63) is 0 Å². The third kappa shape index (κ3) is 4.78. The van der Waals surface area contributed by atoms with E-state index in [1.807, 2.05) is 0 Å². The lowest BCUT2D eigenvalue weighted by atomic mass is 10.1. The van der Waals surface area contributed by atoms with E-state index < -0.39 is 0 Å². The molecule has 0 aromatic heterocycles. The molecule has 1 heterocycles. The van der Waals surface area contributed by atoms with Crippen molar-refractivity contribution in [1.29, 1.82) is 0 Å². The van der Waals surface area contributed by atoms with Gasteiger partial charge in [0.1, 0.15) is 0 Å². The smallest absolute Gasteiger partial charge is 0.0897 e. The minimum absolute atomic E-state index is 0.382. The summed E-state index contributed by atoms with van der Waals surface area (Å²) in [7, 11) is 1.61. The molecule has 2 N–H and O–H groups in total. The third-order valence-electron chi connectivity index (χ3n) is 3.22. The molecule has 0 bridgehead atoms. The number of aliphatic hydroxyl groups excluding tert-OH is 1. The van der Waals surface area contributed by atoms with Gasteiger partial charge in [0.2, 0.25) is 0 Å². The van der Waals surface area contributed by atoms with Crippen LogP contribution in [0.2, 0.25) is 0 Å². The van der Waals surface area contributed by atoms with Crippen molar-refractivity contribution in [2.24, 2.45) is 5.92 Å². The van der Waals surface area contributed by atoms with Crippen LogP contribution in [0.15, 0.2) is 0 Å². The van der Waals surface area contributed by atoms with Gasteiger partial charge in [0, 0.05) is 26.2 Å². The third-order valence-corrected chi connectivity index (χ3v) is 3.22. The maximum atomic E-state index is 9.47. The number of hydrogen-bond donors (Lipinski definition) is 2. The number of nitrogens with one attached hydrogen (secondary N) is 1. The molecule has 0 spiro atoms. The minimum atomic E-state index is -0.382. The zero-order valence-electron chi connectivity index (χ0n) is 10.8. The molecule has 16 heavy (non-hydrogen) atoms. The van der Waals surface area contributed by atoms with Crippen molar-refractivity contribution in [1.82, 2.24) is 10.2 Å². The van der Waals surface area contributed by atoms with Crippen LogP contribution in [0, 0.1) is 5.92 Å². The molecule has 1 aliphatic heterocycles. The number of aliphatic hydroxyl groups is 1. The highest BCUT2D eigenvalue weighted by atomic mass is 16.5. The second-order valence-electron chi connectivity index (χ2n) is 5.01. The summed E-state index contributed by atoms with van der Waals surface area (Å²) in [5.74, 6) is 0.733. The fourth-order valence-electron chi connectivity index (χ4n) is 2.20. The van der Waals surface area contributed by atoms with Crippen LogP contribution in [-0.4, -0.2) is 62.0 Å². The SMILES string of the molecule is COCC(O)CNCC1CCN(C(C)C)C1. The number of methoxy groups -OCH3 is 1. The fourth-order valence-corrected chi connectivity index (χ4v) is 2.20. The summed E-state index contributed by atoms with van der Waals surface area (Å²) in [4.78, 5) is 2.51. The first kappa shape index (κ1) is 13.9. The van der Waals surface area contributed by atoms with Crippen LogP contribution in [0.25, 0.3) is 0 Å². The van der Waals surface area contributed by atoms with Crippen molar-refractivity contribution in [3.8, 4) is 0 Å². The highest BCUT2D eigenvalue weighted by molar-refractivity contribution is 4.79. The van der Waals surface area contributed by atoms with E-state index in [1.54, 1.807) is 7.11 Å². The lowest BCUT2D eigenvalue weighted by molar-refractivity contribution is 0.0640. The largest absolute Gasteiger partial charge is 0.389 e. The van der Waals surface area contributed by atoms with Crippen molar-refractivity contribution in [2.75, 3.05) is 39.9 Å². The lowest BCUT2D eigenvalue weighted by Crippen LogP contribution is -2.35. The van der Waals surface area contributed by atoms with Gasteiger partial charge in [-0.25, -0.2) is 0 Å². The van der Waals surface area contributed by atoms with Crippen molar-refractivity contribution in [2.45, 2.75) is 32.4 Å². The first-order valence-electron chi connectivity index (χ1n) is 6.25. The second-order valence-corrected chi connectivity index (χ2v) is 5.01. The predicted molar refractivity (Wildman–Crippen MR) is 65.6 cm³/mol. The van der Waals surface area contributed by atoms with Gasteiger partial charge >= 0.3 is 0 Å². The minimum Gasteiger partial charge on any atom is -0.389 e. The van der Waals surface area contributed by atoms with Gasteiger partial charge in [0.15, 0.2) is 0 Å². The number of hydrogen-bond acceptors (Lipinski definition) is 4.